The molecule has 0 aliphatic rings. The third-order valence-corrected chi connectivity index (χ3v) is 1.94. The molecule has 1 aromatic rings. The standard InChI is InChI=1S/C9H15N5O3/c1-13(2)4-3-10-8(15)6-14-5-7(9(16)17)11-12-14/h5H,3-4,6H2,1-2H3,(H,10,15)(H,16,17). The van der Waals surface area contributed by atoms with Crippen LogP contribution in [0.15, 0.2) is 6.20 Å². The molecule has 0 atom stereocenters. The molecule has 0 aliphatic carbocycles. The maximum atomic E-state index is 11.4. The zero-order valence-electron chi connectivity index (χ0n) is 9.75. The molecule has 0 saturated heterocycles. The summed E-state index contributed by atoms with van der Waals surface area (Å²) in [6, 6.07) is 0. The number of rotatable bonds is 6. The van der Waals surface area contributed by atoms with Gasteiger partial charge in [-0.05, 0) is 14.1 Å². The third-order valence-electron chi connectivity index (χ3n) is 1.94. The first-order valence-electron chi connectivity index (χ1n) is 5.04. The van der Waals surface area contributed by atoms with Gasteiger partial charge in [-0.2, -0.15) is 0 Å². The maximum absolute atomic E-state index is 11.4. The highest BCUT2D eigenvalue weighted by molar-refractivity contribution is 5.84. The molecule has 2 N–H and O–H groups in total. The summed E-state index contributed by atoms with van der Waals surface area (Å²) in [7, 11) is 3.81. The average Bonchev–Trinajstić information content (AvgIpc) is 2.65. The van der Waals surface area contributed by atoms with Crippen molar-refractivity contribution in [1.82, 2.24) is 25.2 Å². The first kappa shape index (κ1) is 13.1. The first-order chi connectivity index (χ1) is 7.99. The molecule has 0 fully saturated rings. The van der Waals surface area contributed by atoms with Gasteiger partial charge in [0, 0.05) is 13.1 Å². The Kier molecular flexibility index (Phi) is 4.58. The van der Waals surface area contributed by atoms with Gasteiger partial charge in [0.15, 0.2) is 5.69 Å². The van der Waals surface area contributed by atoms with Crippen LogP contribution in [-0.2, 0) is 11.3 Å². The highest BCUT2D eigenvalue weighted by atomic mass is 16.4. The Bertz CT molecular complexity index is 401. The number of amides is 1. The minimum absolute atomic E-state index is 0.0340. The third kappa shape index (κ3) is 4.60. The second-order valence-corrected chi connectivity index (χ2v) is 3.76. The molecule has 0 saturated carbocycles. The smallest absolute Gasteiger partial charge is 0.358 e. The Labute approximate surface area is 98.2 Å². The lowest BCUT2D eigenvalue weighted by Gasteiger charge is -2.09. The van der Waals surface area contributed by atoms with Gasteiger partial charge < -0.3 is 15.3 Å². The molecule has 1 heterocycles. The van der Waals surface area contributed by atoms with E-state index in [-0.39, 0.29) is 18.1 Å². The predicted molar refractivity (Wildman–Crippen MR) is 58.5 cm³/mol. The van der Waals surface area contributed by atoms with Crippen LogP contribution in [0.25, 0.3) is 0 Å². The summed E-state index contributed by atoms with van der Waals surface area (Å²) in [4.78, 5) is 23.9. The van der Waals surface area contributed by atoms with Gasteiger partial charge in [0.1, 0.15) is 6.54 Å². The van der Waals surface area contributed by atoms with Crippen LogP contribution >= 0.6 is 0 Å². The summed E-state index contributed by atoms with van der Waals surface area (Å²) in [6.45, 7) is 1.24. The van der Waals surface area contributed by atoms with Crippen LogP contribution in [0.2, 0.25) is 0 Å². The van der Waals surface area contributed by atoms with Gasteiger partial charge in [-0.3, -0.25) is 4.79 Å². The van der Waals surface area contributed by atoms with Crippen LogP contribution in [0, 0.1) is 0 Å². The summed E-state index contributed by atoms with van der Waals surface area (Å²) in [5, 5.41) is 18.2. The molecule has 8 nitrogen and oxygen atoms in total. The summed E-state index contributed by atoms with van der Waals surface area (Å²) in [5.74, 6) is -1.39. The second-order valence-electron chi connectivity index (χ2n) is 3.76. The van der Waals surface area contributed by atoms with Crippen LogP contribution < -0.4 is 5.32 Å². The van der Waals surface area contributed by atoms with Crippen molar-refractivity contribution in [2.75, 3.05) is 27.2 Å². The van der Waals surface area contributed by atoms with Gasteiger partial charge in [0.05, 0.1) is 6.20 Å². The lowest BCUT2D eigenvalue weighted by atomic mass is 10.5. The van der Waals surface area contributed by atoms with Crippen molar-refractivity contribution in [3.05, 3.63) is 11.9 Å². The van der Waals surface area contributed by atoms with E-state index in [1.165, 1.54) is 10.9 Å². The van der Waals surface area contributed by atoms with Gasteiger partial charge in [0.25, 0.3) is 0 Å². The number of likely N-dealkylation sites (N-methyl/N-ethyl adjacent to an activating group) is 1. The van der Waals surface area contributed by atoms with Crippen molar-refractivity contribution in [2.45, 2.75) is 6.54 Å². The Balaban J connectivity index is 2.37. The number of hydrogen-bond donors (Lipinski definition) is 2. The lowest BCUT2D eigenvalue weighted by molar-refractivity contribution is -0.121. The lowest BCUT2D eigenvalue weighted by Crippen LogP contribution is -2.33. The predicted octanol–water partition coefficient (Wildman–Crippen LogP) is -1.35. The van der Waals surface area contributed by atoms with E-state index in [0.29, 0.717) is 6.54 Å². The SMILES string of the molecule is CN(C)CCNC(=O)Cn1cc(C(=O)O)nn1. The Morgan fingerprint density at radius 3 is 2.76 bits per heavy atom. The molecule has 94 valence electrons. The molecule has 0 aromatic carbocycles. The van der Waals surface area contributed by atoms with Crippen LogP contribution in [0.5, 0.6) is 0 Å². The molecule has 8 heteroatoms. The minimum atomic E-state index is -1.16. The number of aromatic carboxylic acids is 1. The molecule has 0 radical (unpaired) electrons. The average molecular weight is 241 g/mol. The number of carbonyl (C=O) groups excluding carboxylic acids is 1. The minimum Gasteiger partial charge on any atom is -0.476 e. The zero-order valence-corrected chi connectivity index (χ0v) is 9.75. The molecule has 0 aliphatic heterocycles. The van der Waals surface area contributed by atoms with Crippen molar-refractivity contribution >= 4 is 11.9 Å². The van der Waals surface area contributed by atoms with E-state index in [2.05, 4.69) is 15.6 Å². The van der Waals surface area contributed by atoms with Gasteiger partial charge in [-0.15, -0.1) is 5.10 Å². The number of hydrogen-bond acceptors (Lipinski definition) is 5. The molecular weight excluding hydrogens is 226 g/mol. The van der Waals surface area contributed by atoms with Crippen LogP contribution in [0.4, 0.5) is 0 Å². The highest BCUT2D eigenvalue weighted by Gasteiger charge is 2.10. The van der Waals surface area contributed by atoms with E-state index < -0.39 is 5.97 Å². The largest absolute Gasteiger partial charge is 0.476 e. The quantitative estimate of drug-likeness (QED) is 0.639. The van der Waals surface area contributed by atoms with Crippen LogP contribution in [-0.4, -0.2) is 64.1 Å². The van der Waals surface area contributed by atoms with Gasteiger partial charge in [-0.1, -0.05) is 5.21 Å². The molecule has 0 bridgehead atoms. The van der Waals surface area contributed by atoms with E-state index >= 15 is 0 Å². The van der Waals surface area contributed by atoms with E-state index in [9.17, 15) is 9.59 Å². The first-order valence-corrected chi connectivity index (χ1v) is 5.04. The molecule has 0 spiro atoms. The van der Waals surface area contributed by atoms with E-state index in [4.69, 9.17) is 5.11 Å². The molecule has 1 rings (SSSR count). The fraction of sp³-hybridized carbons (Fsp3) is 0.556. The van der Waals surface area contributed by atoms with Crippen molar-refractivity contribution in [1.29, 1.82) is 0 Å². The number of carbonyl (C=O) groups is 2. The topological polar surface area (TPSA) is 100 Å². The van der Waals surface area contributed by atoms with Crippen molar-refractivity contribution in [2.24, 2.45) is 0 Å². The number of nitrogens with one attached hydrogen (secondary N) is 1. The van der Waals surface area contributed by atoms with E-state index in [1.54, 1.807) is 0 Å². The van der Waals surface area contributed by atoms with Crippen molar-refractivity contribution < 1.29 is 14.7 Å². The summed E-state index contributed by atoms with van der Waals surface area (Å²) < 4.78 is 1.19. The molecule has 1 aromatic heterocycles. The fourth-order valence-corrected chi connectivity index (χ4v) is 1.10. The highest BCUT2D eigenvalue weighted by Crippen LogP contribution is 1.92. The summed E-state index contributed by atoms with van der Waals surface area (Å²) in [6.07, 6.45) is 1.22. The number of aromatic nitrogens is 3. The molecule has 0 unspecified atom stereocenters. The number of nitrogens with zero attached hydrogens (tertiary/aromatic N) is 4. The Hall–Kier alpha value is -1.96. The molecule has 17 heavy (non-hydrogen) atoms. The second kappa shape index (κ2) is 5.94. The Morgan fingerprint density at radius 2 is 2.24 bits per heavy atom. The van der Waals surface area contributed by atoms with Gasteiger partial charge in [-0.25, -0.2) is 9.48 Å². The Morgan fingerprint density at radius 1 is 1.53 bits per heavy atom. The maximum Gasteiger partial charge on any atom is 0.358 e. The zero-order chi connectivity index (χ0) is 12.8. The fourth-order valence-electron chi connectivity index (χ4n) is 1.10. The van der Waals surface area contributed by atoms with Gasteiger partial charge in [0.2, 0.25) is 5.91 Å². The summed E-state index contributed by atoms with van der Waals surface area (Å²) in [5.41, 5.74) is -0.175. The van der Waals surface area contributed by atoms with Gasteiger partial charge >= 0.3 is 5.97 Å². The van der Waals surface area contributed by atoms with Crippen molar-refractivity contribution in [3.8, 4) is 0 Å². The monoisotopic (exact) mass is 241 g/mol. The molecular formula is C9H15N5O3. The van der Waals surface area contributed by atoms with Crippen molar-refractivity contribution in [3.63, 3.8) is 0 Å². The van der Waals surface area contributed by atoms with E-state index in [0.717, 1.165) is 6.54 Å². The van der Waals surface area contributed by atoms with Crippen LogP contribution in [0.1, 0.15) is 10.5 Å². The number of carboxylic acid groups (broad SMARTS) is 1. The normalized spacial score (nSPS) is 10.5. The van der Waals surface area contributed by atoms with Crippen LogP contribution in [0.3, 0.4) is 0 Å². The summed E-state index contributed by atoms with van der Waals surface area (Å²) >= 11 is 0. The van der Waals surface area contributed by atoms with E-state index in [1.807, 2.05) is 19.0 Å². The number of carboxylic acids is 1. The molecule has 1 amide bonds.